The molecule has 4 amide bonds. The predicted molar refractivity (Wildman–Crippen MR) is 166 cm³/mol. The SMILES string of the molecule is CCC(COC(=O)NCCCCCCN=C=O)(COC(=O)NCCCCCCN=C=O)COC(=O)NCCCCCCNC=O. The lowest BCUT2D eigenvalue weighted by atomic mass is 9.88. The van der Waals surface area contributed by atoms with Crippen molar-refractivity contribution in [3.8, 4) is 0 Å². The quantitative estimate of drug-likeness (QED) is 0.0309. The zero-order chi connectivity index (χ0) is 33.3. The van der Waals surface area contributed by atoms with Crippen LogP contribution in [0.3, 0.4) is 0 Å². The molecule has 4 N–H and O–H groups in total. The number of carbonyl (C=O) groups excluding carboxylic acids is 6. The van der Waals surface area contributed by atoms with Gasteiger partial charge in [-0.05, 0) is 44.9 Å². The van der Waals surface area contributed by atoms with Crippen LogP contribution in [0.4, 0.5) is 14.4 Å². The third-order valence-corrected chi connectivity index (χ3v) is 6.94. The van der Waals surface area contributed by atoms with Gasteiger partial charge in [-0.15, -0.1) is 0 Å². The lowest BCUT2D eigenvalue weighted by molar-refractivity contribution is -0.109. The average Bonchev–Trinajstić information content (AvgIpc) is 3.04. The number of nitrogens with one attached hydrogen (secondary N) is 4. The number of ether oxygens (including phenoxy) is 3. The van der Waals surface area contributed by atoms with Gasteiger partial charge in [0.25, 0.3) is 0 Å². The molecule has 0 rings (SSSR count). The van der Waals surface area contributed by atoms with Gasteiger partial charge in [-0.1, -0.05) is 45.4 Å². The molecule has 0 aliphatic carbocycles. The standard InChI is InChI=1S/C30H52N6O9/c1-2-30(21-43-27(40)34-18-12-6-3-9-15-31-24-37,22-44-28(41)35-19-13-7-4-10-16-32-25-38)23-45-29(42)36-20-14-8-5-11-17-33-26-39/h24H,2-23H2,1H3,(H,31,37)(H,34,40)(H,35,41)(H,36,42). The van der Waals surface area contributed by atoms with E-state index in [1.54, 1.807) is 0 Å². The fourth-order valence-corrected chi connectivity index (χ4v) is 4.01. The van der Waals surface area contributed by atoms with E-state index in [0.29, 0.717) is 52.1 Å². The molecule has 0 aliphatic heterocycles. The Morgan fingerprint density at radius 1 is 0.600 bits per heavy atom. The molecule has 0 saturated heterocycles. The summed E-state index contributed by atoms with van der Waals surface area (Å²) in [6, 6.07) is 0. The van der Waals surface area contributed by atoms with Gasteiger partial charge in [-0.3, -0.25) is 4.79 Å². The van der Waals surface area contributed by atoms with Crippen LogP contribution in [0.1, 0.15) is 90.4 Å². The van der Waals surface area contributed by atoms with Crippen LogP contribution in [0, 0.1) is 5.41 Å². The Bertz CT molecular complexity index is 860. The topological polar surface area (TPSA) is 203 Å². The second kappa shape index (κ2) is 30.1. The Morgan fingerprint density at radius 3 is 1.29 bits per heavy atom. The van der Waals surface area contributed by atoms with E-state index in [-0.39, 0.29) is 19.8 Å². The van der Waals surface area contributed by atoms with Crippen LogP contribution in [-0.4, -0.2) is 95.9 Å². The first-order valence-electron chi connectivity index (χ1n) is 15.9. The lowest BCUT2D eigenvalue weighted by Crippen LogP contribution is -2.42. The molecule has 0 radical (unpaired) electrons. The van der Waals surface area contributed by atoms with Crippen molar-refractivity contribution < 1.29 is 43.0 Å². The smallest absolute Gasteiger partial charge is 0.407 e. The molecule has 0 saturated carbocycles. The van der Waals surface area contributed by atoms with Crippen molar-refractivity contribution in [3.05, 3.63) is 0 Å². The van der Waals surface area contributed by atoms with E-state index in [9.17, 15) is 28.8 Å². The van der Waals surface area contributed by atoms with Crippen LogP contribution >= 0.6 is 0 Å². The highest BCUT2D eigenvalue weighted by molar-refractivity contribution is 5.68. The number of amides is 4. The normalized spacial score (nSPS) is 11.5. The maximum Gasteiger partial charge on any atom is 0.407 e. The van der Waals surface area contributed by atoms with Gasteiger partial charge in [0.1, 0.15) is 19.8 Å². The Labute approximate surface area is 266 Å². The van der Waals surface area contributed by atoms with Crippen molar-refractivity contribution in [2.45, 2.75) is 90.4 Å². The monoisotopic (exact) mass is 640 g/mol. The molecule has 45 heavy (non-hydrogen) atoms. The van der Waals surface area contributed by atoms with Gasteiger partial charge >= 0.3 is 18.3 Å². The molecule has 0 unspecified atom stereocenters. The van der Waals surface area contributed by atoms with Crippen LogP contribution < -0.4 is 21.3 Å². The van der Waals surface area contributed by atoms with E-state index in [1.165, 1.54) is 12.2 Å². The fraction of sp³-hybridized carbons (Fsp3) is 0.800. The Balaban J connectivity index is 4.73. The molecule has 0 bridgehead atoms. The number of nitrogens with zero attached hydrogens (tertiary/aromatic N) is 2. The van der Waals surface area contributed by atoms with Crippen LogP contribution in [0.15, 0.2) is 9.98 Å². The van der Waals surface area contributed by atoms with E-state index >= 15 is 0 Å². The van der Waals surface area contributed by atoms with Crippen LogP contribution in [0.2, 0.25) is 0 Å². The van der Waals surface area contributed by atoms with E-state index in [0.717, 1.165) is 77.0 Å². The maximum absolute atomic E-state index is 12.4. The molecule has 0 atom stereocenters. The van der Waals surface area contributed by atoms with Crippen molar-refractivity contribution in [1.82, 2.24) is 21.3 Å². The summed E-state index contributed by atoms with van der Waals surface area (Å²) in [7, 11) is 0. The highest BCUT2D eigenvalue weighted by Crippen LogP contribution is 2.24. The Kier molecular flexibility index (Phi) is 27.4. The van der Waals surface area contributed by atoms with Gasteiger partial charge < -0.3 is 35.5 Å². The van der Waals surface area contributed by atoms with E-state index < -0.39 is 23.7 Å². The first-order valence-corrected chi connectivity index (χ1v) is 15.9. The largest absolute Gasteiger partial charge is 0.449 e. The third-order valence-electron chi connectivity index (χ3n) is 6.94. The summed E-state index contributed by atoms with van der Waals surface area (Å²) >= 11 is 0. The number of isocyanates is 2. The molecule has 0 aromatic carbocycles. The van der Waals surface area contributed by atoms with Crippen molar-refractivity contribution in [3.63, 3.8) is 0 Å². The van der Waals surface area contributed by atoms with Gasteiger partial charge in [0.05, 0.1) is 18.5 Å². The molecule has 15 heteroatoms. The van der Waals surface area contributed by atoms with E-state index in [4.69, 9.17) is 14.2 Å². The first-order chi connectivity index (χ1) is 21.9. The Hall–Kier alpha value is -3.96. The van der Waals surface area contributed by atoms with Gasteiger partial charge in [0, 0.05) is 26.2 Å². The number of rotatable bonds is 29. The van der Waals surface area contributed by atoms with E-state index in [1.807, 2.05) is 6.92 Å². The summed E-state index contributed by atoms with van der Waals surface area (Å²) in [5.41, 5.74) is -0.963. The molecule has 0 aromatic heterocycles. The van der Waals surface area contributed by atoms with Crippen molar-refractivity contribution in [1.29, 1.82) is 0 Å². The van der Waals surface area contributed by atoms with Gasteiger partial charge in [0.15, 0.2) is 0 Å². The maximum atomic E-state index is 12.4. The average molecular weight is 641 g/mol. The zero-order valence-corrected chi connectivity index (χ0v) is 26.7. The number of carbonyl (C=O) groups is 4. The van der Waals surface area contributed by atoms with Crippen molar-refractivity contribution in [2.75, 3.05) is 59.1 Å². The second-order valence-electron chi connectivity index (χ2n) is 10.6. The first kappa shape index (κ1) is 41.0. The molecule has 0 aliphatic rings. The molecule has 0 heterocycles. The molecule has 0 spiro atoms. The molecule has 0 aromatic rings. The van der Waals surface area contributed by atoms with Gasteiger partial charge in [-0.25, -0.2) is 34.0 Å². The highest BCUT2D eigenvalue weighted by atomic mass is 16.6. The fourth-order valence-electron chi connectivity index (χ4n) is 4.01. The summed E-state index contributed by atoms with van der Waals surface area (Å²) in [4.78, 5) is 74.5. The van der Waals surface area contributed by atoms with Gasteiger partial charge in [0.2, 0.25) is 18.6 Å². The molecule has 256 valence electrons. The number of hydrogen-bond donors (Lipinski definition) is 4. The molecule has 0 fully saturated rings. The van der Waals surface area contributed by atoms with E-state index in [2.05, 4.69) is 31.3 Å². The lowest BCUT2D eigenvalue weighted by Gasteiger charge is -2.31. The minimum Gasteiger partial charge on any atom is -0.449 e. The van der Waals surface area contributed by atoms with Crippen LogP contribution in [-0.2, 0) is 28.6 Å². The summed E-state index contributed by atoms with van der Waals surface area (Å²) < 4.78 is 16.3. The number of alkyl carbamates (subject to hydrolysis) is 3. The molecule has 15 nitrogen and oxygen atoms in total. The second-order valence-corrected chi connectivity index (χ2v) is 10.6. The summed E-state index contributed by atoms with van der Waals surface area (Å²) in [6.07, 6.45) is 12.1. The van der Waals surface area contributed by atoms with Gasteiger partial charge in [-0.2, -0.15) is 0 Å². The summed E-state index contributed by atoms with van der Waals surface area (Å²) in [6.45, 7) is 4.15. The van der Waals surface area contributed by atoms with Crippen LogP contribution in [0.5, 0.6) is 0 Å². The summed E-state index contributed by atoms with van der Waals surface area (Å²) in [5.74, 6) is 0. The van der Waals surface area contributed by atoms with Crippen LogP contribution in [0.25, 0.3) is 0 Å². The number of unbranched alkanes of at least 4 members (excludes halogenated alkanes) is 9. The molecular weight excluding hydrogens is 588 g/mol. The number of aliphatic imine (C=N–C) groups is 2. The highest BCUT2D eigenvalue weighted by Gasteiger charge is 2.34. The van der Waals surface area contributed by atoms with Crippen molar-refractivity contribution >= 4 is 36.8 Å². The van der Waals surface area contributed by atoms with Crippen molar-refractivity contribution in [2.24, 2.45) is 15.4 Å². The number of hydrogen-bond acceptors (Lipinski definition) is 11. The summed E-state index contributed by atoms with van der Waals surface area (Å²) in [5, 5.41) is 10.7. The molecular formula is C30H52N6O9. The zero-order valence-electron chi connectivity index (χ0n) is 26.7. The Morgan fingerprint density at radius 2 is 0.956 bits per heavy atom. The third kappa shape index (κ3) is 26.2. The minimum atomic E-state index is -0.963. The predicted octanol–water partition coefficient (Wildman–Crippen LogP) is 3.66. The minimum absolute atomic E-state index is 0.139.